The number of hydrogen-bond acceptors (Lipinski definition) is 5. The number of pyridine rings is 1. The maximum absolute atomic E-state index is 13.6. The minimum Gasteiger partial charge on any atom is -0.477 e. The topological polar surface area (TPSA) is 105 Å². The molecule has 1 aromatic carbocycles. The Bertz CT molecular complexity index is 688. The number of rotatable bonds is 5. The molecule has 7 nitrogen and oxygen atoms in total. The van der Waals surface area contributed by atoms with E-state index >= 15 is 0 Å². The van der Waals surface area contributed by atoms with Crippen molar-refractivity contribution in [2.45, 2.75) is 6.54 Å². The van der Waals surface area contributed by atoms with Crippen LogP contribution in [0.15, 0.2) is 36.5 Å². The summed E-state index contributed by atoms with van der Waals surface area (Å²) in [5, 5.41) is 22.0. The average Bonchev–Trinajstić information content (AvgIpc) is 2.46. The van der Waals surface area contributed by atoms with Crippen molar-refractivity contribution in [3.05, 3.63) is 63.7 Å². The lowest BCUT2D eigenvalue weighted by Gasteiger charge is -2.07. The van der Waals surface area contributed by atoms with Crippen molar-refractivity contribution in [1.29, 1.82) is 0 Å². The number of non-ortho nitro benzene ring substituents is 1. The molecular formula is C13H10FN3O4. The maximum atomic E-state index is 13.6. The Labute approximate surface area is 118 Å². The number of benzene rings is 1. The number of hydrogen-bond donors (Lipinski definition) is 2. The monoisotopic (exact) mass is 291 g/mol. The van der Waals surface area contributed by atoms with Crippen molar-refractivity contribution in [3.63, 3.8) is 0 Å². The molecule has 0 aliphatic carbocycles. The van der Waals surface area contributed by atoms with Crippen molar-refractivity contribution in [2.24, 2.45) is 0 Å². The van der Waals surface area contributed by atoms with Crippen LogP contribution in [0.1, 0.15) is 16.1 Å². The molecule has 2 N–H and O–H groups in total. The Morgan fingerprint density at radius 3 is 2.67 bits per heavy atom. The van der Waals surface area contributed by atoms with Gasteiger partial charge in [0.15, 0.2) is 5.82 Å². The summed E-state index contributed by atoms with van der Waals surface area (Å²) in [5.41, 5.74) is 0.353. The van der Waals surface area contributed by atoms with E-state index in [9.17, 15) is 19.3 Å². The van der Waals surface area contributed by atoms with E-state index in [4.69, 9.17) is 5.11 Å². The van der Waals surface area contributed by atoms with Gasteiger partial charge in [-0.2, -0.15) is 0 Å². The van der Waals surface area contributed by atoms with Gasteiger partial charge >= 0.3 is 5.97 Å². The highest BCUT2D eigenvalue weighted by atomic mass is 19.1. The standard InChI is InChI=1S/C13H10FN3O4/c14-10-5-9(17(20)21)2-4-11(10)15-6-8-1-3-12(13(18)19)16-7-8/h1-5,7,15H,6H2,(H,18,19). The van der Waals surface area contributed by atoms with Gasteiger partial charge in [-0.25, -0.2) is 14.2 Å². The van der Waals surface area contributed by atoms with Gasteiger partial charge in [-0.15, -0.1) is 0 Å². The minimum atomic E-state index is -1.13. The number of aromatic carboxylic acids is 1. The number of carboxylic acid groups (broad SMARTS) is 1. The fraction of sp³-hybridized carbons (Fsp3) is 0.0769. The molecule has 0 atom stereocenters. The highest BCUT2D eigenvalue weighted by molar-refractivity contribution is 5.85. The molecule has 1 heterocycles. The van der Waals surface area contributed by atoms with Gasteiger partial charge in [0.1, 0.15) is 5.69 Å². The summed E-state index contributed by atoms with van der Waals surface area (Å²) in [7, 11) is 0. The summed E-state index contributed by atoms with van der Waals surface area (Å²) >= 11 is 0. The van der Waals surface area contributed by atoms with Crippen LogP contribution in [0.3, 0.4) is 0 Å². The van der Waals surface area contributed by atoms with Gasteiger partial charge in [0.05, 0.1) is 16.7 Å². The number of carboxylic acids is 1. The van der Waals surface area contributed by atoms with E-state index in [2.05, 4.69) is 10.3 Å². The van der Waals surface area contributed by atoms with Crippen LogP contribution in [-0.4, -0.2) is 21.0 Å². The molecule has 8 heteroatoms. The normalized spacial score (nSPS) is 10.1. The average molecular weight is 291 g/mol. The Balaban J connectivity index is 2.06. The van der Waals surface area contributed by atoms with Crippen molar-refractivity contribution in [1.82, 2.24) is 4.98 Å². The molecule has 0 aliphatic heterocycles. The van der Waals surface area contributed by atoms with Crippen molar-refractivity contribution >= 4 is 17.3 Å². The highest BCUT2D eigenvalue weighted by Gasteiger charge is 2.10. The number of nitrogens with one attached hydrogen (secondary N) is 1. The molecule has 0 amide bonds. The summed E-state index contributed by atoms with van der Waals surface area (Å²) in [6, 6.07) is 6.18. The molecule has 0 radical (unpaired) electrons. The molecule has 1 aromatic heterocycles. The predicted octanol–water partition coefficient (Wildman–Crippen LogP) is 2.44. The fourth-order valence-corrected chi connectivity index (χ4v) is 1.61. The predicted molar refractivity (Wildman–Crippen MR) is 71.6 cm³/mol. The second-order valence-corrected chi connectivity index (χ2v) is 4.13. The molecule has 21 heavy (non-hydrogen) atoms. The molecular weight excluding hydrogens is 281 g/mol. The van der Waals surface area contributed by atoms with Crippen LogP contribution in [-0.2, 0) is 6.54 Å². The van der Waals surface area contributed by atoms with Crippen LogP contribution in [0.5, 0.6) is 0 Å². The molecule has 0 spiro atoms. The van der Waals surface area contributed by atoms with Crippen LogP contribution < -0.4 is 5.32 Å². The van der Waals surface area contributed by atoms with E-state index in [0.717, 1.165) is 6.07 Å². The van der Waals surface area contributed by atoms with Crippen molar-refractivity contribution in [3.8, 4) is 0 Å². The van der Waals surface area contributed by atoms with E-state index in [0.29, 0.717) is 5.56 Å². The van der Waals surface area contributed by atoms with Crippen LogP contribution in [0.2, 0.25) is 0 Å². The summed E-state index contributed by atoms with van der Waals surface area (Å²) < 4.78 is 13.6. The molecule has 0 bridgehead atoms. The van der Waals surface area contributed by atoms with E-state index in [-0.39, 0.29) is 23.6 Å². The minimum absolute atomic E-state index is 0.0831. The van der Waals surface area contributed by atoms with Crippen molar-refractivity contribution in [2.75, 3.05) is 5.32 Å². The number of carbonyl (C=O) groups is 1. The molecule has 108 valence electrons. The smallest absolute Gasteiger partial charge is 0.354 e. The molecule has 0 aliphatic rings. The third-order valence-electron chi connectivity index (χ3n) is 2.69. The zero-order chi connectivity index (χ0) is 15.4. The first-order valence-electron chi connectivity index (χ1n) is 5.83. The highest BCUT2D eigenvalue weighted by Crippen LogP contribution is 2.20. The quantitative estimate of drug-likeness (QED) is 0.647. The second-order valence-electron chi connectivity index (χ2n) is 4.13. The van der Waals surface area contributed by atoms with Gasteiger partial charge in [-0.3, -0.25) is 10.1 Å². The summed E-state index contributed by atoms with van der Waals surface area (Å²) in [6.07, 6.45) is 1.36. The molecule has 0 saturated carbocycles. The van der Waals surface area contributed by atoms with Gasteiger partial charge in [-0.05, 0) is 17.7 Å². The number of halogens is 1. The van der Waals surface area contributed by atoms with E-state index in [1.165, 1.54) is 24.4 Å². The number of nitro groups is 1. The second kappa shape index (κ2) is 5.95. The van der Waals surface area contributed by atoms with Gasteiger partial charge in [0.25, 0.3) is 5.69 Å². The van der Waals surface area contributed by atoms with Crippen molar-refractivity contribution < 1.29 is 19.2 Å². The Morgan fingerprint density at radius 2 is 2.14 bits per heavy atom. The molecule has 2 aromatic rings. The summed E-state index contributed by atoms with van der Waals surface area (Å²) in [6.45, 7) is 0.210. The van der Waals surface area contributed by atoms with Gasteiger partial charge < -0.3 is 10.4 Å². The third-order valence-corrected chi connectivity index (χ3v) is 2.69. The summed E-state index contributed by atoms with van der Waals surface area (Å²) in [4.78, 5) is 24.2. The van der Waals surface area contributed by atoms with Crippen LogP contribution >= 0.6 is 0 Å². The largest absolute Gasteiger partial charge is 0.477 e. The van der Waals surface area contributed by atoms with Gasteiger partial charge in [0, 0.05) is 18.8 Å². The molecule has 0 saturated heterocycles. The number of nitro benzene ring substituents is 1. The number of aromatic nitrogens is 1. The van der Waals surface area contributed by atoms with E-state index < -0.39 is 16.7 Å². The van der Waals surface area contributed by atoms with Crippen LogP contribution in [0.4, 0.5) is 15.8 Å². The summed E-state index contributed by atoms with van der Waals surface area (Å²) in [5.74, 6) is -1.87. The molecule has 0 fully saturated rings. The van der Waals surface area contributed by atoms with Gasteiger partial charge in [0.2, 0.25) is 0 Å². The Hall–Kier alpha value is -3.03. The zero-order valence-electron chi connectivity index (χ0n) is 10.6. The van der Waals surface area contributed by atoms with E-state index in [1.807, 2.05) is 0 Å². The zero-order valence-corrected chi connectivity index (χ0v) is 10.6. The lowest BCUT2D eigenvalue weighted by atomic mass is 10.2. The lowest BCUT2D eigenvalue weighted by Crippen LogP contribution is -2.04. The molecule has 0 unspecified atom stereocenters. The lowest BCUT2D eigenvalue weighted by molar-refractivity contribution is -0.385. The fourth-order valence-electron chi connectivity index (χ4n) is 1.61. The van der Waals surface area contributed by atoms with E-state index in [1.54, 1.807) is 6.07 Å². The van der Waals surface area contributed by atoms with Crippen LogP contribution in [0, 0.1) is 15.9 Å². The number of nitrogens with zero attached hydrogens (tertiary/aromatic N) is 2. The first-order valence-corrected chi connectivity index (χ1v) is 5.83. The first kappa shape index (κ1) is 14.4. The number of anilines is 1. The van der Waals surface area contributed by atoms with Gasteiger partial charge in [-0.1, -0.05) is 6.07 Å². The third kappa shape index (κ3) is 3.50. The van der Waals surface area contributed by atoms with Crippen LogP contribution in [0.25, 0.3) is 0 Å². The maximum Gasteiger partial charge on any atom is 0.354 e. The molecule has 2 rings (SSSR count). The SMILES string of the molecule is O=C(O)c1ccc(CNc2ccc([N+](=O)[O-])cc2F)cn1. The Kier molecular flexibility index (Phi) is 4.07. The first-order chi connectivity index (χ1) is 9.97. The Morgan fingerprint density at radius 1 is 1.38 bits per heavy atom.